The predicted octanol–water partition coefficient (Wildman–Crippen LogP) is 3.97. The fraction of sp³-hybridized carbons (Fsp3) is 0.250. The summed E-state index contributed by atoms with van der Waals surface area (Å²) >= 11 is 7.41. The SMILES string of the molecule is COc1ccc(SC(C)C(=O)OCc2ccncc2Cl)cc1. The van der Waals surface area contributed by atoms with Gasteiger partial charge in [0.05, 0.1) is 12.1 Å². The monoisotopic (exact) mass is 337 g/mol. The van der Waals surface area contributed by atoms with Gasteiger partial charge in [0.1, 0.15) is 17.6 Å². The fourth-order valence-electron chi connectivity index (χ4n) is 1.69. The molecule has 0 amide bonds. The van der Waals surface area contributed by atoms with Crippen molar-refractivity contribution >= 4 is 29.3 Å². The van der Waals surface area contributed by atoms with Gasteiger partial charge in [-0.25, -0.2) is 0 Å². The third kappa shape index (κ3) is 4.64. The van der Waals surface area contributed by atoms with Crippen molar-refractivity contribution < 1.29 is 14.3 Å². The molecule has 0 aliphatic heterocycles. The number of carbonyl (C=O) groups is 1. The lowest BCUT2D eigenvalue weighted by Crippen LogP contribution is -2.16. The molecule has 1 unspecified atom stereocenters. The molecule has 0 spiro atoms. The number of ether oxygens (including phenoxy) is 2. The summed E-state index contributed by atoms with van der Waals surface area (Å²) in [5.74, 6) is 0.501. The Balaban J connectivity index is 1.87. The van der Waals surface area contributed by atoms with Crippen molar-refractivity contribution in [2.24, 2.45) is 0 Å². The van der Waals surface area contributed by atoms with Gasteiger partial charge >= 0.3 is 5.97 Å². The fourth-order valence-corrected chi connectivity index (χ4v) is 2.73. The summed E-state index contributed by atoms with van der Waals surface area (Å²) in [6.07, 6.45) is 3.14. The van der Waals surface area contributed by atoms with E-state index in [9.17, 15) is 4.79 Å². The van der Waals surface area contributed by atoms with Crippen LogP contribution < -0.4 is 4.74 Å². The molecule has 0 N–H and O–H groups in total. The van der Waals surface area contributed by atoms with Gasteiger partial charge in [-0.1, -0.05) is 11.6 Å². The molecule has 6 heteroatoms. The van der Waals surface area contributed by atoms with Gasteiger partial charge in [-0.3, -0.25) is 9.78 Å². The smallest absolute Gasteiger partial charge is 0.319 e. The highest BCUT2D eigenvalue weighted by atomic mass is 35.5. The minimum atomic E-state index is -0.311. The molecular weight excluding hydrogens is 322 g/mol. The van der Waals surface area contributed by atoms with Gasteiger partial charge in [-0.15, -0.1) is 11.8 Å². The molecule has 0 aliphatic carbocycles. The molecular formula is C16H16ClNO3S. The lowest BCUT2D eigenvalue weighted by atomic mass is 10.3. The van der Waals surface area contributed by atoms with Crippen LogP contribution in [0.25, 0.3) is 0 Å². The highest BCUT2D eigenvalue weighted by molar-refractivity contribution is 8.00. The number of nitrogens with zero attached hydrogens (tertiary/aromatic N) is 1. The molecule has 0 aliphatic rings. The molecule has 1 aromatic carbocycles. The molecule has 1 atom stereocenters. The zero-order valence-corrected chi connectivity index (χ0v) is 13.9. The molecule has 22 heavy (non-hydrogen) atoms. The summed E-state index contributed by atoms with van der Waals surface area (Å²) in [5.41, 5.74) is 0.742. The maximum Gasteiger partial charge on any atom is 0.319 e. The van der Waals surface area contributed by atoms with E-state index in [2.05, 4.69) is 4.98 Å². The molecule has 1 aromatic heterocycles. The number of esters is 1. The topological polar surface area (TPSA) is 48.4 Å². The minimum absolute atomic E-state index is 0.147. The standard InChI is InChI=1S/C16H16ClNO3S/c1-11(22-14-5-3-13(20-2)4-6-14)16(19)21-10-12-7-8-18-9-15(12)17/h3-9,11H,10H2,1-2H3. The molecule has 4 nitrogen and oxygen atoms in total. The second kappa shape index (κ2) is 8.06. The number of halogens is 1. The van der Waals surface area contributed by atoms with Crippen molar-refractivity contribution in [3.63, 3.8) is 0 Å². The van der Waals surface area contributed by atoms with Crippen LogP contribution in [0, 0.1) is 0 Å². The zero-order chi connectivity index (χ0) is 15.9. The van der Waals surface area contributed by atoms with E-state index in [0.29, 0.717) is 5.02 Å². The number of pyridine rings is 1. The minimum Gasteiger partial charge on any atom is -0.497 e. The number of aromatic nitrogens is 1. The van der Waals surface area contributed by atoms with Gasteiger partial charge in [0.25, 0.3) is 0 Å². The van der Waals surface area contributed by atoms with Gasteiger partial charge < -0.3 is 9.47 Å². The van der Waals surface area contributed by atoms with Crippen LogP contribution in [0.4, 0.5) is 0 Å². The van der Waals surface area contributed by atoms with Gasteiger partial charge in [0.15, 0.2) is 0 Å². The Morgan fingerprint density at radius 1 is 1.32 bits per heavy atom. The van der Waals surface area contributed by atoms with Crippen LogP contribution in [0.1, 0.15) is 12.5 Å². The molecule has 0 radical (unpaired) electrons. The van der Waals surface area contributed by atoms with E-state index in [1.54, 1.807) is 19.4 Å². The van der Waals surface area contributed by atoms with E-state index < -0.39 is 0 Å². The Morgan fingerprint density at radius 3 is 2.68 bits per heavy atom. The first-order valence-corrected chi connectivity index (χ1v) is 7.91. The highest BCUT2D eigenvalue weighted by Gasteiger charge is 2.16. The Bertz CT molecular complexity index is 634. The van der Waals surface area contributed by atoms with Crippen LogP contribution >= 0.6 is 23.4 Å². The third-order valence-corrected chi connectivity index (χ3v) is 4.36. The maximum absolute atomic E-state index is 12.0. The lowest BCUT2D eigenvalue weighted by Gasteiger charge is -2.12. The van der Waals surface area contributed by atoms with Crippen LogP contribution in [0.5, 0.6) is 5.75 Å². The van der Waals surface area contributed by atoms with Crippen LogP contribution in [-0.2, 0) is 16.1 Å². The predicted molar refractivity (Wildman–Crippen MR) is 87.4 cm³/mol. The van der Waals surface area contributed by atoms with Crippen LogP contribution in [-0.4, -0.2) is 23.3 Å². The summed E-state index contributed by atoms with van der Waals surface area (Å²) in [5, 5.41) is 0.180. The number of rotatable bonds is 6. The number of benzene rings is 1. The molecule has 2 aromatic rings. The Morgan fingerprint density at radius 2 is 2.05 bits per heavy atom. The molecule has 116 valence electrons. The van der Waals surface area contributed by atoms with Crippen LogP contribution in [0.2, 0.25) is 5.02 Å². The van der Waals surface area contributed by atoms with Crippen molar-refractivity contribution in [3.05, 3.63) is 53.3 Å². The largest absolute Gasteiger partial charge is 0.497 e. The average molecular weight is 338 g/mol. The van der Waals surface area contributed by atoms with Crippen molar-refractivity contribution in [1.82, 2.24) is 4.98 Å². The van der Waals surface area contributed by atoms with Crippen LogP contribution in [0.15, 0.2) is 47.6 Å². The first-order chi connectivity index (χ1) is 10.6. The van der Waals surface area contributed by atoms with E-state index in [1.807, 2.05) is 31.2 Å². The number of methoxy groups -OCH3 is 1. The Kier molecular flexibility index (Phi) is 6.10. The normalized spacial score (nSPS) is 11.8. The van der Waals surface area contributed by atoms with E-state index in [0.717, 1.165) is 16.2 Å². The first kappa shape index (κ1) is 16.6. The molecule has 0 fully saturated rings. The van der Waals surface area contributed by atoms with Gasteiger partial charge in [-0.05, 0) is 37.3 Å². The number of carbonyl (C=O) groups excluding carboxylic acids is 1. The van der Waals surface area contributed by atoms with Gasteiger partial charge in [0.2, 0.25) is 0 Å². The molecule has 0 bridgehead atoms. The number of hydrogen-bond acceptors (Lipinski definition) is 5. The second-order valence-electron chi connectivity index (χ2n) is 4.51. The summed E-state index contributed by atoms with van der Waals surface area (Å²) in [7, 11) is 1.62. The molecule has 1 heterocycles. The molecule has 0 saturated heterocycles. The van der Waals surface area contributed by atoms with E-state index in [4.69, 9.17) is 21.1 Å². The van der Waals surface area contributed by atoms with Crippen molar-refractivity contribution in [1.29, 1.82) is 0 Å². The Labute approximate surface area is 138 Å². The number of hydrogen-bond donors (Lipinski definition) is 0. The molecule has 2 rings (SSSR count). The second-order valence-corrected chi connectivity index (χ2v) is 6.33. The maximum atomic E-state index is 12.0. The quantitative estimate of drug-likeness (QED) is 0.589. The van der Waals surface area contributed by atoms with Gasteiger partial charge in [-0.2, -0.15) is 0 Å². The summed E-state index contributed by atoms with van der Waals surface area (Å²) in [6.45, 7) is 1.96. The van der Waals surface area contributed by atoms with Gasteiger partial charge in [0, 0.05) is 22.9 Å². The van der Waals surface area contributed by atoms with Crippen molar-refractivity contribution in [2.75, 3.05) is 7.11 Å². The van der Waals surface area contributed by atoms with Crippen molar-refractivity contribution in [3.8, 4) is 5.75 Å². The summed E-state index contributed by atoms with van der Waals surface area (Å²) in [6, 6.07) is 9.27. The van der Waals surface area contributed by atoms with E-state index >= 15 is 0 Å². The zero-order valence-electron chi connectivity index (χ0n) is 12.3. The summed E-state index contributed by atoms with van der Waals surface area (Å²) < 4.78 is 10.4. The Hall–Kier alpha value is -1.72. The van der Waals surface area contributed by atoms with E-state index in [-0.39, 0.29) is 17.8 Å². The highest BCUT2D eigenvalue weighted by Crippen LogP contribution is 2.26. The third-order valence-electron chi connectivity index (χ3n) is 2.93. The first-order valence-electron chi connectivity index (χ1n) is 6.66. The average Bonchev–Trinajstić information content (AvgIpc) is 2.54. The van der Waals surface area contributed by atoms with Crippen molar-refractivity contribution in [2.45, 2.75) is 23.7 Å². The van der Waals surface area contributed by atoms with Crippen LogP contribution in [0.3, 0.4) is 0 Å². The number of thioether (sulfide) groups is 1. The van der Waals surface area contributed by atoms with E-state index in [1.165, 1.54) is 18.0 Å². The molecule has 0 saturated carbocycles. The summed E-state index contributed by atoms with van der Waals surface area (Å²) in [4.78, 5) is 16.9. The lowest BCUT2D eigenvalue weighted by molar-refractivity contribution is -0.143.